The van der Waals surface area contributed by atoms with Crippen molar-refractivity contribution in [2.24, 2.45) is 10.4 Å². The molecule has 4 aromatic rings. The lowest BCUT2D eigenvalue weighted by Gasteiger charge is -2.07. The molecule has 0 amide bonds. The van der Waals surface area contributed by atoms with Gasteiger partial charge in [0, 0.05) is 39.8 Å². The van der Waals surface area contributed by atoms with Gasteiger partial charge in [-0.25, -0.2) is 0 Å². The van der Waals surface area contributed by atoms with Crippen molar-refractivity contribution >= 4 is 43.9 Å². The zero-order valence-corrected chi connectivity index (χ0v) is 15.4. The van der Waals surface area contributed by atoms with E-state index in [1.54, 1.807) is 11.3 Å². The Morgan fingerprint density at radius 2 is 1.88 bits per heavy atom. The van der Waals surface area contributed by atoms with Crippen LogP contribution < -0.4 is 10.9 Å². The zero-order valence-electron chi connectivity index (χ0n) is 13.8. The number of benzene rings is 2. The summed E-state index contributed by atoms with van der Waals surface area (Å²) in [6, 6.07) is 14.6. The van der Waals surface area contributed by atoms with Gasteiger partial charge in [0.1, 0.15) is 6.17 Å². The first-order valence-corrected chi connectivity index (χ1v) is 9.67. The Bertz CT molecular complexity index is 1120. The molecular formula is C19H16ClN5S. The van der Waals surface area contributed by atoms with Gasteiger partial charge in [0.2, 0.25) is 0 Å². The van der Waals surface area contributed by atoms with Gasteiger partial charge in [-0.15, -0.1) is 11.3 Å². The lowest BCUT2D eigenvalue weighted by molar-refractivity contribution is 0.521. The highest BCUT2D eigenvalue weighted by Gasteiger charge is 2.16. The smallest absolute Gasteiger partial charge is 0.136 e. The van der Waals surface area contributed by atoms with Crippen molar-refractivity contribution in [2.75, 3.05) is 0 Å². The molecule has 5 nitrogen and oxygen atoms in total. The molecule has 26 heavy (non-hydrogen) atoms. The standard InChI is InChI=1S/C19H16ClN5S/c20-14-5-6-18-16(8-14)13(11-26-18)10-25-9-12(7-19-21-23-24-22-19)15-3-1-2-4-17(15)25/h1-6,8-9,11,19H,7,10H2,(H,21,24)(H,22,23). The number of hydrogen-bond acceptors (Lipinski definition) is 5. The van der Waals surface area contributed by atoms with Crippen LogP contribution in [0.25, 0.3) is 21.0 Å². The predicted molar refractivity (Wildman–Crippen MR) is 106 cm³/mol. The minimum absolute atomic E-state index is 0.0371. The maximum absolute atomic E-state index is 6.21. The molecule has 3 heterocycles. The minimum atomic E-state index is 0.0371. The summed E-state index contributed by atoms with van der Waals surface area (Å²) in [7, 11) is 0. The van der Waals surface area contributed by atoms with Crippen LogP contribution in [-0.4, -0.2) is 10.7 Å². The predicted octanol–water partition coefficient (Wildman–Crippen LogP) is 4.90. The Morgan fingerprint density at radius 3 is 2.77 bits per heavy atom. The topological polar surface area (TPSA) is 53.7 Å². The van der Waals surface area contributed by atoms with Gasteiger partial charge >= 0.3 is 0 Å². The summed E-state index contributed by atoms with van der Waals surface area (Å²) in [5.41, 5.74) is 9.76. The van der Waals surface area contributed by atoms with Crippen LogP contribution in [0, 0.1) is 0 Å². The second-order valence-corrected chi connectivity index (χ2v) is 7.76. The number of hydrogen-bond donors (Lipinski definition) is 2. The summed E-state index contributed by atoms with van der Waals surface area (Å²) in [5.74, 6) is 0. The van der Waals surface area contributed by atoms with Crippen LogP contribution in [0.4, 0.5) is 0 Å². The highest BCUT2D eigenvalue weighted by atomic mass is 35.5. The monoisotopic (exact) mass is 381 g/mol. The Hall–Kier alpha value is -2.57. The number of halogens is 1. The van der Waals surface area contributed by atoms with Gasteiger partial charge in [-0.1, -0.05) is 40.2 Å². The first-order valence-electron chi connectivity index (χ1n) is 8.41. The van der Waals surface area contributed by atoms with Crippen molar-refractivity contribution in [3.05, 3.63) is 70.2 Å². The molecule has 0 saturated carbocycles. The van der Waals surface area contributed by atoms with Gasteiger partial charge in [-0.05, 0) is 46.2 Å². The maximum Gasteiger partial charge on any atom is 0.136 e. The summed E-state index contributed by atoms with van der Waals surface area (Å²) >= 11 is 7.97. The van der Waals surface area contributed by atoms with Crippen molar-refractivity contribution in [2.45, 2.75) is 19.1 Å². The van der Waals surface area contributed by atoms with Crippen LogP contribution in [0.2, 0.25) is 5.02 Å². The number of nitrogens with zero attached hydrogens (tertiary/aromatic N) is 3. The molecule has 2 aromatic carbocycles. The Morgan fingerprint density at radius 1 is 1.04 bits per heavy atom. The van der Waals surface area contributed by atoms with E-state index in [9.17, 15) is 0 Å². The molecule has 1 aliphatic heterocycles. The van der Waals surface area contributed by atoms with E-state index in [0.29, 0.717) is 0 Å². The van der Waals surface area contributed by atoms with E-state index in [1.165, 1.54) is 32.1 Å². The average molecular weight is 382 g/mol. The number of para-hydroxylation sites is 1. The third kappa shape index (κ3) is 2.71. The first-order chi connectivity index (χ1) is 12.8. The molecule has 0 spiro atoms. The van der Waals surface area contributed by atoms with Gasteiger partial charge in [0.05, 0.1) is 0 Å². The lowest BCUT2D eigenvalue weighted by Crippen LogP contribution is -2.32. The summed E-state index contributed by atoms with van der Waals surface area (Å²) in [6.45, 7) is 0.821. The molecular weight excluding hydrogens is 366 g/mol. The molecule has 0 aliphatic carbocycles. The Balaban J connectivity index is 1.54. The third-order valence-corrected chi connectivity index (χ3v) is 5.98. The number of rotatable bonds is 4. The molecule has 0 radical (unpaired) electrons. The van der Waals surface area contributed by atoms with Crippen LogP contribution in [0.15, 0.2) is 64.5 Å². The fourth-order valence-corrected chi connectivity index (χ4v) is 4.62. The highest BCUT2D eigenvalue weighted by Crippen LogP contribution is 2.31. The molecule has 0 saturated heterocycles. The molecule has 2 N–H and O–H groups in total. The second kappa shape index (κ2) is 6.30. The van der Waals surface area contributed by atoms with Crippen LogP contribution >= 0.6 is 22.9 Å². The number of aromatic nitrogens is 1. The van der Waals surface area contributed by atoms with Gasteiger partial charge in [0.15, 0.2) is 0 Å². The van der Waals surface area contributed by atoms with E-state index in [4.69, 9.17) is 11.6 Å². The van der Waals surface area contributed by atoms with E-state index in [1.807, 2.05) is 6.07 Å². The van der Waals surface area contributed by atoms with E-state index in [-0.39, 0.29) is 6.17 Å². The summed E-state index contributed by atoms with van der Waals surface area (Å²) < 4.78 is 3.58. The second-order valence-electron chi connectivity index (χ2n) is 6.42. The lowest BCUT2D eigenvalue weighted by atomic mass is 10.1. The van der Waals surface area contributed by atoms with E-state index < -0.39 is 0 Å². The molecule has 7 heteroatoms. The van der Waals surface area contributed by atoms with Crippen molar-refractivity contribution in [3.8, 4) is 0 Å². The zero-order chi connectivity index (χ0) is 17.5. The van der Waals surface area contributed by atoms with Crippen molar-refractivity contribution in [3.63, 3.8) is 0 Å². The first kappa shape index (κ1) is 15.7. The summed E-state index contributed by atoms with van der Waals surface area (Å²) in [5, 5.41) is 13.1. The Labute approximate surface area is 159 Å². The highest BCUT2D eigenvalue weighted by molar-refractivity contribution is 7.17. The maximum atomic E-state index is 6.21. The number of thiophene rings is 1. The largest absolute Gasteiger partial charge is 0.343 e. The van der Waals surface area contributed by atoms with E-state index in [2.05, 4.69) is 73.8 Å². The fourth-order valence-electron chi connectivity index (χ4n) is 3.51. The van der Waals surface area contributed by atoms with Gasteiger partial charge in [-0.3, -0.25) is 10.9 Å². The van der Waals surface area contributed by atoms with Crippen LogP contribution in [0.1, 0.15) is 11.1 Å². The van der Waals surface area contributed by atoms with Gasteiger partial charge in [0.25, 0.3) is 0 Å². The SMILES string of the molecule is Clc1ccc2scc(Cn3cc(CC4NN=NN4)c4ccccc43)c2c1. The molecule has 0 atom stereocenters. The van der Waals surface area contributed by atoms with Crippen molar-refractivity contribution in [1.82, 2.24) is 15.4 Å². The molecule has 0 unspecified atom stereocenters. The van der Waals surface area contributed by atoms with E-state index >= 15 is 0 Å². The van der Waals surface area contributed by atoms with Crippen molar-refractivity contribution < 1.29 is 0 Å². The number of nitrogens with one attached hydrogen (secondary N) is 2. The van der Waals surface area contributed by atoms with Crippen molar-refractivity contribution in [1.29, 1.82) is 0 Å². The van der Waals surface area contributed by atoms with Gasteiger partial charge in [-0.2, -0.15) is 0 Å². The van der Waals surface area contributed by atoms with Crippen LogP contribution in [0.3, 0.4) is 0 Å². The number of fused-ring (bicyclic) bond motifs is 2. The molecule has 2 aromatic heterocycles. The summed E-state index contributed by atoms with van der Waals surface area (Å²) in [6.07, 6.45) is 3.09. The fraction of sp³-hybridized carbons (Fsp3) is 0.158. The molecule has 0 fully saturated rings. The molecule has 1 aliphatic rings. The third-order valence-electron chi connectivity index (χ3n) is 4.73. The minimum Gasteiger partial charge on any atom is -0.343 e. The molecule has 0 bridgehead atoms. The Kier molecular flexibility index (Phi) is 3.80. The quantitative estimate of drug-likeness (QED) is 0.528. The van der Waals surface area contributed by atoms with Crippen LogP contribution in [-0.2, 0) is 13.0 Å². The summed E-state index contributed by atoms with van der Waals surface area (Å²) in [4.78, 5) is 0. The van der Waals surface area contributed by atoms with Crippen LogP contribution in [0.5, 0.6) is 0 Å². The van der Waals surface area contributed by atoms with E-state index in [0.717, 1.165) is 18.0 Å². The molecule has 5 rings (SSSR count). The normalized spacial score (nSPS) is 14.2. The molecule has 130 valence electrons. The van der Waals surface area contributed by atoms with Gasteiger partial charge < -0.3 is 4.57 Å². The average Bonchev–Trinajstić information content (AvgIpc) is 3.37.